The van der Waals surface area contributed by atoms with Crippen molar-refractivity contribution >= 4 is 12.0 Å². The molecule has 0 aromatic heterocycles. The van der Waals surface area contributed by atoms with E-state index < -0.39 is 5.97 Å². The molecule has 0 aliphatic rings. The SMILES string of the molecule is C=CCN(CCC)C(=O)N(CCCC(=O)O)C(C)C. The minimum atomic E-state index is -0.826. The summed E-state index contributed by atoms with van der Waals surface area (Å²) in [6.45, 7) is 11.3. The van der Waals surface area contributed by atoms with E-state index in [1.807, 2.05) is 20.8 Å². The summed E-state index contributed by atoms with van der Waals surface area (Å²) in [5, 5.41) is 8.65. The molecule has 0 aromatic carbocycles. The monoisotopic (exact) mass is 270 g/mol. The second kappa shape index (κ2) is 9.42. The Kier molecular flexibility index (Phi) is 8.66. The Morgan fingerprint density at radius 2 is 1.95 bits per heavy atom. The number of urea groups is 1. The highest BCUT2D eigenvalue weighted by atomic mass is 16.4. The van der Waals surface area contributed by atoms with E-state index in [9.17, 15) is 9.59 Å². The first kappa shape index (κ1) is 17.5. The van der Waals surface area contributed by atoms with E-state index in [1.165, 1.54) is 0 Å². The van der Waals surface area contributed by atoms with Crippen molar-refractivity contribution in [3.05, 3.63) is 12.7 Å². The molecule has 0 saturated carbocycles. The highest BCUT2D eigenvalue weighted by Crippen LogP contribution is 2.08. The summed E-state index contributed by atoms with van der Waals surface area (Å²) in [5.74, 6) is -0.826. The first-order chi connectivity index (χ1) is 8.93. The van der Waals surface area contributed by atoms with Gasteiger partial charge in [-0.15, -0.1) is 6.58 Å². The Balaban J connectivity index is 4.60. The van der Waals surface area contributed by atoms with Crippen molar-refractivity contribution in [2.24, 2.45) is 0 Å². The standard InChI is InChI=1S/C14H26N2O3/c1-5-9-15(10-6-2)14(19)16(12(3)4)11-7-8-13(17)18/h5,12H,1,6-11H2,2-4H3,(H,17,18). The van der Waals surface area contributed by atoms with Crippen molar-refractivity contribution in [1.82, 2.24) is 9.80 Å². The van der Waals surface area contributed by atoms with Gasteiger partial charge in [-0.3, -0.25) is 4.79 Å². The molecule has 19 heavy (non-hydrogen) atoms. The van der Waals surface area contributed by atoms with Crippen LogP contribution in [-0.2, 0) is 4.79 Å². The first-order valence-electron chi connectivity index (χ1n) is 6.82. The molecule has 0 spiro atoms. The Hall–Kier alpha value is -1.52. The Morgan fingerprint density at radius 3 is 2.37 bits per heavy atom. The molecule has 0 aromatic rings. The second-order valence-electron chi connectivity index (χ2n) is 4.80. The maximum atomic E-state index is 12.4. The number of carboxylic acids is 1. The number of hydrogen-bond acceptors (Lipinski definition) is 2. The number of aliphatic carboxylic acids is 1. The van der Waals surface area contributed by atoms with Gasteiger partial charge >= 0.3 is 12.0 Å². The average molecular weight is 270 g/mol. The summed E-state index contributed by atoms with van der Waals surface area (Å²) >= 11 is 0. The van der Waals surface area contributed by atoms with Crippen molar-refractivity contribution in [3.63, 3.8) is 0 Å². The highest BCUT2D eigenvalue weighted by Gasteiger charge is 2.21. The number of amides is 2. The molecule has 1 N–H and O–H groups in total. The van der Waals surface area contributed by atoms with Gasteiger partial charge in [0.15, 0.2) is 0 Å². The third-order valence-corrected chi connectivity index (χ3v) is 2.77. The predicted molar refractivity (Wildman–Crippen MR) is 76.2 cm³/mol. The fourth-order valence-corrected chi connectivity index (χ4v) is 1.85. The predicted octanol–water partition coefficient (Wildman–Crippen LogP) is 2.58. The van der Waals surface area contributed by atoms with Crippen LogP contribution in [0.5, 0.6) is 0 Å². The van der Waals surface area contributed by atoms with E-state index in [4.69, 9.17) is 5.11 Å². The molecule has 5 nitrogen and oxygen atoms in total. The van der Waals surface area contributed by atoms with Crippen LogP contribution in [0.15, 0.2) is 12.7 Å². The fourth-order valence-electron chi connectivity index (χ4n) is 1.85. The van der Waals surface area contributed by atoms with Crippen molar-refractivity contribution in [2.75, 3.05) is 19.6 Å². The first-order valence-corrected chi connectivity index (χ1v) is 6.82. The highest BCUT2D eigenvalue weighted by molar-refractivity contribution is 5.75. The molecular weight excluding hydrogens is 244 g/mol. The van der Waals surface area contributed by atoms with Crippen LogP contribution in [-0.4, -0.2) is 52.6 Å². The van der Waals surface area contributed by atoms with Gasteiger partial charge in [0.2, 0.25) is 0 Å². The van der Waals surface area contributed by atoms with E-state index in [-0.39, 0.29) is 18.5 Å². The molecule has 0 saturated heterocycles. The summed E-state index contributed by atoms with van der Waals surface area (Å²) < 4.78 is 0. The van der Waals surface area contributed by atoms with Gasteiger partial charge in [0, 0.05) is 32.1 Å². The van der Waals surface area contributed by atoms with Crippen LogP contribution < -0.4 is 0 Å². The Morgan fingerprint density at radius 1 is 1.32 bits per heavy atom. The van der Waals surface area contributed by atoms with Crippen LogP contribution in [0.3, 0.4) is 0 Å². The molecule has 110 valence electrons. The molecule has 0 fully saturated rings. The maximum absolute atomic E-state index is 12.4. The zero-order valence-corrected chi connectivity index (χ0v) is 12.3. The maximum Gasteiger partial charge on any atom is 0.320 e. The van der Waals surface area contributed by atoms with Crippen LogP contribution >= 0.6 is 0 Å². The molecular formula is C14H26N2O3. The van der Waals surface area contributed by atoms with E-state index >= 15 is 0 Å². The van der Waals surface area contributed by atoms with E-state index in [2.05, 4.69) is 6.58 Å². The summed E-state index contributed by atoms with van der Waals surface area (Å²) in [7, 11) is 0. The van der Waals surface area contributed by atoms with Gasteiger partial charge in [0.1, 0.15) is 0 Å². The summed E-state index contributed by atoms with van der Waals surface area (Å²) in [6.07, 6.45) is 3.17. The van der Waals surface area contributed by atoms with E-state index in [0.717, 1.165) is 6.42 Å². The zero-order valence-electron chi connectivity index (χ0n) is 12.3. The summed E-state index contributed by atoms with van der Waals surface area (Å²) in [4.78, 5) is 26.4. The molecule has 0 aliphatic carbocycles. The van der Waals surface area contributed by atoms with Gasteiger partial charge in [-0.1, -0.05) is 13.0 Å². The van der Waals surface area contributed by atoms with Crippen molar-refractivity contribution < 1.29 is 14.7 Å². The number of rotatable bonds is 9. The molecule has 0 atom stereocenters. The minimum absolute atomic E-state index is 0.0397. The normalized spacial score (nSPS) is 10.3. The molecule has 0 aliphatic heterocycles. The van der Waals surface area contributed by atoms with Crippen molar-refractivity contribution in [3.8, 4) is 0 Å². The summed E-state index contributed by atoms with van der Waals surface area (Å²) in [5.41, 5.74) is 0. The lowest BCUT2D eigenvalue weighted by Gasteiger charge is -2.32. The Bertz CT molecular complexity index is 303. The van der Waals surface area contributed by atoms with Gasteiger partial charge in [-0.05, 0) is 26.7 Å². The molecule has 5 heteroatoms. The van der Waals surface area contributed by atoms with Gasteiger partial charge in [0.25, 0.3) is 0 Å². The lowest BCUT2D eigenvalue weighted by atomic mass is 10.2. The Labute approximate surface area is 115 Å². The van der Waals surface area contributed by atoms with E-state index in [1.54, 1.807) is 15.9 Å². The van der Waals surface area contributed by atoms with Gasteiger partial charge < -0.3 is 14.9 Å². The van der Waals surface area contributed by atoms with Crippen LogP contribution in [0.1, 0.15) is 40.0 Å². The van der Waals surface area contributed by atoms with Crippen molar-refractivity contribution in [2.45, 2.75) is 46.1 Å². The average Bonchev–Trinajstić information content (AvgIpc) is 2.33. The summed E-state index contributed by atoms with van der Waals surface area (Å²) in [6, 6.07) is 0.0209. The molecule has 0 radical (unpaired) electrons. The van der Waals surface area contributed by atoms with Crippen LogP contribution in [0, 0.1) is 0 Å². The second-order valence-corrected chi connectivity index (χ2v) is 4.80. The molecule has 0 heterocycles. The number of carbonyl (C=O) groups excluding carboxylic acids is 1. The lowest BCUT2D eigenvalue weighted by molar-refractivity contribution is -0.137. The number of hydrogen-bond donors (Lipinski definition) is 1. The van der Waals surface area contributed by atoms with Crippen LogP contribution in [0.2, 0.25) is 0 Å². The lowest BCUT2D eigenvalue weighted by Crippen LogP contribution is -2.47. The molecule has 2 amide bonds. The quantitative estimate of drug-likeness (QED) is 0.655. The molecule has 0 rings (SSSR count). The topological polar surface area (TPSA) is 60.9 Å². The largest absolute Gasteiger partial charge is 0.481 e. The van der Waals surface area contributed by atoms with Crippen LogP contribution in [0.4, 0.5) is 4.79 Å². The fraction of sp³-hybridized carbons (Fsp3) is 0.714. The third-order valence-electron chi connectivity index (χ3n) is 2.77. The van der Waals surface area contributed by atoms with Gasteiger partial charge in [0.05, 0.1) is 0 Å². The van der Waals surface area contributed by atoms with Crippen LogP contribution in [0.25, 0.3) is 0 Å². The third kappa shape index (κ3) is 6.84. The minimum Gasteiger partial charge on any atom is -0.481 e. The molecule has 0 bridgehead atoms. The zero-order chi connectivity index (χ0) is 14.8. The smallest absolute Gasteiger partial charge is 0.320 e. The van der Waals surface area contributed by atoms with Crippen molar-refractivity contribution in [1.29, 1.82) is 0 Å². The number of carboxylic acid groups (broad SMARTS) is 1. The number of nitrogens with zero attached hydrogens (tertiary/aromatic N) is 2. The van der Waals surface area contributed by atoms with Gasteiger partial charge in [-0.25, -0.2) is 4.79 Å². The molecule has 0 unspecified atom stereocenters. The van der Waals surface area contributed by atoms with E-state index in [0.29, 0.717) is 26.1 Å². The van der Waals surface area contributed by atoms with Gasteiger partial charge in [-0.2, -0.15) is 0 Å². The number of carbonyl (C=O) groups is 2.